The van der Waals surface area contributed by atoms with Crippen LogP contribution in [0.2, 0.25) is 5.02 Å². The zero-order valence-electron chi connectivity index (χ0n) is 18.8. The minimum Gasteiger partial charge on any atom is -0.490 e. The Balaban J connectivity index is 1.62. The predicted molar refractivity (Wildman–Crippen MR) is 133 cm³/mol. The number of amides is 1. The standard InChI is InChI=1S/C25H27ClN2O4S/c1-18-7-6-9-23(19(18)2)28(33(3,30)31)17-20-11-13-21(14-12-20)25(29)27-15-16-32-24-10-5-4-8-22(24)26/h4-14H,15-17H2,1-3H3,(H,27,29). The van der Waals surface area contributed by atoms with Crippen molar-refractivity contribution in [1.29, 1.82) is 0 Å². The summed E-state index contributed by atoms with van der Waals surface area (Å²) in [5, 5.41) is 3.32. The Bertz CT molecular complexity index is 1230. The van der Waals surface area contributed by atoms with Crippen LogP contribution in [0.5, 0.6) is 5.75 Å². The summed E-state index contributed by atoms with van der Waals surface area (Å²) >= 11 is 6.04. The van der Waals surface area contributed by atoms with Crippen molar-refractivity contribution in [3.63, 3.8) is 0 Å². The van der Waals surface area contributed by atoms with E-state index >= 15 is 0 Å². The lowest BCUT2D eigenvalue weighted by atomic mass is 10.1. The van der Waals surface area contributed by atoms with E-state index in [1.54, 1.807) is 42.5 Å². The first-order chi connectivity index (χ1) is 15.7. The molecule has 1 amide bonds. The maximum Gasteiger partial charge on any atom is 0.251 e. The van der Waals surface area contributed by atoms with Crippen molar-refractivity contribution in [2.24, 2.45) is 0 Å². The molecule has 0 aliphatic heterocycles. The largest absolute Gasteiger partial charge is 0.490 e. The molecule has 6 nitrogen and oxygen atoms in total. The third-order valence-electron chi connectivity index (χ3n) is 5.27. The van der Waals surface area contributed by atoms with Crippen LogP contribution in [0, 0.1) is 13.8 Å². The number of carbonyl (C=O) groups excluding carboxylic acids is 1. The molecular formula is C25H27ClN2O4S. The van der Waals surface area contributed by atoms with E-state index in [0.29, 0.717) is 28.6 Å². The molecule has 0 radical (unpaired) electrons. The van der Waals surface area contributed by atoms with Crippen LogP contribution in [0.4, 0.5) is 5.69 Å². The number of benzene rings is 3. The maximum atomic E-state index is 12.5. The van der Waals surface area contributed by atoms with Crippen LogP contribution < -0.4 is 14.4 Å². The third-order valence-corrected chi connectivity index (χ3v) is 6.71. The van der Waals surface area contributed by atoms with Crippen molar-refractivity contribution in [2.75, 3.05) is 23.7 Å². The fraction of sp³-hybridized carbons (Fsp3) is 0.240. The number of hydrogen-bond acceptors (Lipinski definition) is 4. The second-order valence-corrected chi connectivity index (χ2v) is 10.0. The monoisotopic (exact) mass is 486 g/mol. The predicted octanol–water partition coefficient (Wildman–Crippen LogP) is 4.73. The number of anilines is 1. The van der Waals surface area contributed by atoms with Gasteiger partial charge in [0.15, 0.2) is 0 Å². The van der Waals surface area contributed by atoms with Gasteiger partial charge < -0.3 is 10.1 Å². The number of ether oxygens (including phenoxy) is 1. The Labute approximate surface area is 200 Å². The van der Waals surface area contributed by atoms with E-state index in [4.69, 9.17) is 16.3 Å². The minimum absolute atomic E-state index is 0.177. The highest BCUT2D eigenvalue weighted by Gasteiger charge is 2.20. The fourth-order valence-corrected chi connectivity index (χ4v) is 4.43. The lowest BCUT2D eigenvalue weighted by molar-refractivity contribution is 0.0947. The van der Waals surface area contributed by atoms with Gasteiger partial charge in [0.1, 0.15) is 12.4 Å². The molecule has 1 N–H and O–H groups in total. The molecule has 174 valence electrons. The van der Waals surface area contributed by atoms with Crippen molar-refractivity contribution < 1.29 is 17.9 Å². The highest BCUT2D eigenvalue weighted by molar-refractivity contribution is 7.92. The van der Waals surface area contributed by atoms with Crippen LogP contribution in [0.15, 0.2) is 66.7 Å². The molecule has 0 fully saturated rings. The molecule has 0 unspecified atom stereocenters. The van der Waals surface area contributed by atoms with Crippen LogP contribution in [0.3, 0.4) is 0 Å². The Morgan fingerprint density at radius 3 is 2.36 bits per heavy atom. The number of aryl methyl sites for hydroxylation is 1. The molecule has 33 heavy (non-hydrogen) atoms. The number of rotatable bonds is 9. The van der Waals surface area contributed by atoms with Gasteiger partial charge in [-0.05, 0) is 60.9 Å². The van der Waals surface area contributed by atoms with Gasteiger partial charge in [0.2, 0.25) is 10.0 Å². The van der Waals surface area contributed by atoms with Gasteiger partial charge in [-0.15, -0.1) is 0 Å². The van der Waals surface area contributed by atoms with Crippen molar-refractivity contribution in [3.8, 4) is 5.75 Å². The molecule has 0 bridgehead atoms. The number of carbonyl (C=O) groups is 1. The van der Waals surface area contributed by atoms with E-state index in [2.05, 4.69) is 5.32 Å². The van der Waals surface area contributed by atoms with Gasteiger partial charge in [-0.2, -0.15) is 0 Å². The first kappa shape index (κ1) is 24.6. The molecule has 3 aromatic rings. The molecule has 0 heterocycles. The second kappa shape index (κ2) is 10.7. The van der Waals surface area contributed by atoms with Crippen molar-refractivity contribution >= 4 is 33.2 Å². The van der Waals surface area contributed by atoms with E-state index in [0.717, 1.165) is 16.7 Å². The highest BCUT2D eigenvalue weighted by atomic mass is 35.5. The minimum atomic E-state index is -3.49. The molecule has 0 atom stereocenters. The summed E-state index contributed by atoms with van der Waals surface area (Å²) in [7, 11) is -3.49. The molecule has 3 rings (SSSR count). The van der Waals surface area contributed by atoms with Crippen molar-refractivity contribution in [3.05, 3.63) is 94.0 Å². The molecule has 0 aromatic heterocycles. The van der Waals surface area contributed by atoms with Crippen molar-refractivity contribution in [2.45, 2.75) is 20.4 Å². The molecule has 0 aliphatic carbocycles. The molecule has 0 spiro atoms. The fourth-order valence-electron chi connectivity index (χ4n) is 3.30. The summed E-state index contributed by atoms with van der Waals surface area (Å²) in [6, 6.07) is 19.6. The Morgan fingerprint density at radius 2 is 1.70 bits per heavy atom. The topological polar surface area (TPSA) is 75.7 Å². The van der Waals surface area contributed by atoms with E-state index in [1.165, 1.54) is 10.6 Å². The van der Waals surface area contributed by atoms with Gasteiger partial charge in [0.05, 0.1) is 30.1 Å². The lowest BCUT2D eigenvalue weighted by Crippen LogP contribution is -2.30. The van der Waals surface area contributed by atoms with Gasteiger partial charge in [-0.3, -0.25) is 9.10 Å². The van der Waals surface area contributed by atoms with Gasteiger partial charge in [-0.25, -0.2) is 8.42 Å². The van der Waals surface area contributed by atoms with E-state index in [-0.39, 0.29) is 19.1 Å². The number of halogens is 1. The smallest absolute Gasteiger partial charge is 0.251 e. The van der Waals surface area contributed by atoms with Gasteiger partial charge in [0.25, 0.3) is 5.91 Å². The highest BCUT2D eigenvalue weighted by Crippen LogP contribution is 2.27. The summed E-state index contributed by atoms with van der Waals surface area (Å²) in [4.78, 5) is 12.4. The Kier molecular flexibility index (Phi) is 8.00. The summed E-state index contributed by atoms with van der Waals surface area (Å²) in [6.45, 7) is 4.64. The van der Waals surface area contributed by atoms with Gasteiger partial charge >= 0.3 is 0 Å². The maximum absolute atomic E-state index is 12.5. The lowest BCUT2D eigenvalue weighted by Gasteiger charge is -2.25. The van der Waals surface area contributed by atoms with E-state index in [1.807, 2.05) is 38.1 Å². The first-order valence-electron chi connectivity index (χ1n) is 10.4. The molecule has 0 saturated carbocycles. The Morgan fingerprint density at radius 1 is 1.00 bits per heavy atom. The van der Waals surface area contributed by atoms with Crippen LogP contribution in [0.25, 0.3) is 0 Å². The SMILES string of the molecule is Cc1cccc(N(Cc2ccc(C(=O)NCCOc3ccccc3Cl)cc2)S(C)(=O)=O)c1C. The van der Waals surface area contributed by atoms with Crippen molar-refractivity contribution in [1.82, 2.24) is 5.32 Å². The number of nitrogens with one attached hydrogen (secondary N) is 1. The normalized spacial score (nSPS) is 11.2. The molecule has 8 heteroatoms. The average molecular weight is 487 g/mol. The van der Waals surface area contributed by atoms with Crippen LogP contribution in [0.1, 0.15) is 27.0 Å². The third kappa shape index (κ3) is 6.49. The van der Waals surface area contributed by atoms with Gasteiger partial charge in [0, 0.05) is 5.56 Å². The summed E-state index contributed by atoms with van der Waals surface area (Å²) in [5.74, 6) is 0.329. The zero-order chi connectivity index (χ0) is 24.0. The first-order valence-corrected chi connectivity index (χ1v) is 12.7. The molecule has 3 aromatic carbocycles. The zero-order valence-corrected chi connectivity index (χ0v) is 20.4. The quantitative estimate of drug-likeness (QED) is 0.443. The number of sulfonamides is 1. The summed E-state index contributed by atoms with van der Waals surface area (Å²) in [5.41, 5.74) is 3.84. The molecule has 0 saturated heterocycles. The number of nitrogens with zero attached hydrogens (tertiary/aromatic N) is 1. The summed E-state index contributed by atoms with van der Waals surface area (Å²) < 4.78 is 31.9. The van der Waals surface area contributed by atoms with E-state index < -0.39 is 10.0 Å². The average Bonchev–Trinajstić information content (AvgIpc) is 2.78. The van der Waals surface area contributed by atoms with E-state index in [9.17, 15) is 13.2 Å². The number of para-hydroxylation sites is 1. The summed E-state index contributed by atoms with van der Waals surface area (Å²) in [6.07, 6.45) is 1.20. The van der Waals surface area contributed by atoms with Crippen LogP contribution in [-0.4, -0.2) is 33.7 Å². The second-order valence-electron chi connectivity index (χ2n) is 7.72. The van der Waals surface area contributed by atoms with Crippen LogP contribution in [-0.2, 0) is 16.6 Å². The Hall–Kier alpha value is -3.03. The number of hydrogen-bond donors (Lipinski definition) is 1. The van der Waals surface area contributed by atoms with Crippen LogP contribution >= 0.6 is 11.6 Å². The van der Waals surface area contributed by atoms with Gasteiger partial charge in [-0.1, -0.05) is 48.0 Å². The molecular weight excluding hydrogens is 460 g/mol. The molecule has 0 aliphatic rings.